The second-order valence-corrected chi connectivity index (χ2v) is 16.4. The average molecular weight is 477 g/mol. The number of hydrogen-bond donors (Lipinski definition) is 0. The largest absolute Gasteiger partial charge is 0.418 e. The molecular formula is C29H56N2OSi. The van der Waals surface area contributed by atoms with Gasteiger partial charge in [-0.2, -0.15) is 0 Å². The van der Waals surface area contributed by atoms with Crippen LogP contribution in [0.5, 0.6) is 0 Å². The van der Waals surface area contributed by atoms with E-state index in [0.717, 1.165) is 43.1 Å². The normalized spacial score (nSPS) is 32.2. The average Bonchev–Trinajstić information content (AvgIpc) is 2.80. The maximum absolute atomic E-state index is 6.20. The molecule has 0 amide bonds. The van der Waals surface area contributed by atoms with Gasteiger partial charge in [0.05, 0.1) is 23.5 Å². The summed E-state index contributed by atoms with van der Waals surface area (Å²) in [4.78, 5) is 11.1. The van der Waals surface area contributed by atoms with Gasteiger partial charge in [0.2, 0.25) is 0 Å². The lowest BCUT2D eigenvalue weighted by molar-refractivity contribution is 0.211. The molecule has 2 aliphatic rings. The van der Waals surface area contributed by atoms with E-state index in [1.54, 1.807) is 0 Å². The molecule has 0 heterocycles. The molecule has 0 saturated heterocycles. The van der Waals surface area contributed by atoms with Crippen LogP contribution in [0.3, 0.4) is 0 Å². The van der Waals surface area contributed by atoms with Crippen molar-refractivity contribution in [1.82, 2.24) is 0 Å². The van der Waals surface area contributed by atoms with E-state index in [-0.39, 0.29) is 0 Å². The predicted octanol–water partition coefficient (Wildman–Crippen LogP) is 8.73. The second kappa shape index (κ2) is 14.2. The van der Waals surface area contributed by atoms with Crippen molar-refractivity contribution in [2.45, 2.75) is 143 Å². The molecule has 0 spiro atoms. The molecule has 0 aromatic heterocycles. The molecule has 0 N–H and O–H groups in total. The van der Waals surface area contributed by atoms with Crippen molar-refractivity contribution in [3.8, 4) is 0 Å². The summed E-state index contributed by atoms with van der Waals surface area (Å²) in [6.07, 6.45) is 15.3. The fourth-order valence-corrected chi connectivity index (χ4v) is 7.13. The zero-order valence-electron chi connectivity index (χ0n) is 23.5. The molecule has 2 fully saturated rings. The summed E-state index contributed by atoms with van der Waals surface area (Å²) >= 11 is 0. The highest BCUT2D eigenvalue weighted by molar-refractivity contribution is 6.69. The van der Waals surface area contributed by atoms with Crippen molar-refractivity contribution < 1.29 is 4.43 Å². The predicted molar refractivity (Wildman–Crippen MR) is 149 cm³/mol. The Morgan fingerprint density at radius 3 is 1.55 bits per heavy atom. The number of aliphatic imine (C=N–C) groups is 2. The van der Waals surface area contributed by atoms with Crippen LogP contribution in [0.15, 0.2) is 9.98 Å². The van der Waals surface area contributed by atoms with E-state index in [4.69, 9.17) is 14.4 Å². The molecule has 4 unspecified atom stereocenters. The molecule has 2 rings (SSSR count). The molecule has 0 bridgehead atoms. The summed E-state index contributed by atoms with van der Waals surface area (Å²) in [5.41, 5.74) is 2.54. The van der Waals surface area contributed by atoms with Crippen molar-refractivity contribution in [3.05, 3.63) is 0 Å². The SMILES string of the molecule is CCC1CCCC(CC)C1N=C(C)C(CCCO[Si](C)(C)C)=NC1C(CC)CCCC1CC. The molecule has 0 aliphatic heterocycles. The van der Waals surface area contributed by atoms with Gasteiger partial charge in [0, 0.05) is 6.61 Å². The van der Waals surface area contributed by atoms with Crippen molar-refractivity contribution >= 4 is 19.7 Å². The fourth-order valence-electron chi connectivity index (χ4n) is 6.38. The standard InChI is InChI=1S/C29H56N2OSi/c1-9-23-16-13-17-24(10-2)28(23)30-22(5)27(20-15-21-32-33(6,7)8)31-29-25(11-3)18-14-19-26(29)12-4/h23-26,28-29H,9-21H2,1-8H3. The Balaban J connectivity index is 2.31. The lowest BCUT2D eigenvalue weighted by atomic mass is 9.74. The minimum Gasteiger partial charge on any atom is -0.418 e. The number of rotatable bonds is 12. The monoisotopic (exact) mass is 476 g/mol. The van der Waals surface area contributed by atoms with Crippen LogP contribution in [0.2, 0.25) is 19.6 Å². The van der Waals surface area contributed by atoms with Crippen molar-refractivity contribution in [1.29, 1.82) is 0 Å². The van der Waals surface area contributed by atoms with E-state index in [2.05, 4.69) is 54.3 Å². The Morgan fingerprint density at radius 1 is 0.727 bits per heavy atom. The van der Waals surface area contributed by atoms with E-state index in [1.165, 1.54) is 75.6 Å². The van der Waals surface area contributed by atoms with E-state index in [0.29, 0.717) is 12.1 Å². The first kappa shape index (κ1) is 28.8. The quantitative estimate of drug-likeness (QED) is 0.157. The highest BCUT2D eigenvalue weighted by Gasteiger charge is 2.33. The Hall–Kier alpha value is -0.483. The van der Waals surface area contributed by atoms with Gasteiger partial charge < -0.3 is 4.43 Å². The van der Waals surface area contributed by atoms with Crippen LogP contribution in [0.25, 0.3) is 0 Å². The fraction of sp³-hybridized carbons (Fsp3) is 0.931. The molecule has 33 heavy (non-hydrogen) atoms. The first-order chi connectivity index (χ1) is 15.7. The number of nitrogens with zero attached hydrogens (tertiary/aromatic N) is 2. The van der Waals surface area contributed by atoms with Crippen LogP contribution >= 0.6 is 0 Å². The lowest BCUT2D eigenvalue weighted by Gasteiger charge is -2.37. The maximum Gasteiger partial charge on any atom is 0.183 e. The van der Waals surface area contributed by atoms with Crippen LogP contribution in [-0.4, -0.2) is 38.4 Å². The summed E-state index contributed by atoms with van der Waals surface area (Å²) < 4.78 is 6.20. The molecule has 0 radical (unpaired) electrons. The maximum atomic E-state index is 6.20. The minimum absolute atomic E-state index is 0.488. The topological polar surface area (TPSA) is 34.0 Å². The molecule has 0 aromatic rings. The van der Waals surface area contributed by atoms with Gasteiger partial charge in [-0.05, 0) is 88.8 Å². The van der Waals surface area contributed by atoms with Crippen LogP contribution in [0, 0.1) is 23.7 Å². The van der Waals surface area contributed by atoms with Crippen molar-refractivity contribution in [3.63, 3.8) is 0 Å². The Morgan fingerprint density at radius 2 is 1.15 bits per heavy atom. The zero-order valence-corrected chi connectivity index (χ0v) is 24.5. The van der Waals surface area contributed by atoms with Gasteiger partial charge in [-0.1, -0.05) is 66.2 Å². The summed E-state index contributed by atoms with van der Waals surface area (Å²) in [6.45, 7) is 19.5. The van der Waals surface area contributed by atoms with Gasteiger partial charge in [0.1, 0.15) is 0 Å². The first-order valence-corrected chi connectivity index (χ1v) is 17.9. The Labute approximate surface area is 207 Å². The molecule has 3 nitrogen and oxygen atoms in total. The highest BCUT2D eigenvalue weighted by atomic mass is 28.4. The van der Waals surface area contributed by atoms with E-state index >= 15 is 0 Å². The number of hydrogen-bond acceptors (Lipinski definition) is 3. The first-order valence-electron chi connectivity index (χ1n) is 14.5. The van der Waals surface area contributed by atoms with Crippen molar-refractivity contribution in [2.24, 2.45) is 33.7 Å². The smallest absolute Gasteiger partial charge is 0.183 e. The van der Waals surface area contributed by atoms with Gasteiger partial charge in [-0.25, -0.2) is 0 Å². The third-order valence-corrected chi connectivity index (χ3v) is 9.56. The Bertz CT molecular complexity index is 600. The van der Waals surface area contributed by atoms with Gasteiger partial charge in [0.25, 0.3) is 0 Å². The minimum atomic E-state index is -1.47. The molecule has 4 heteroatoms. The Kier molecular flexibility index (Phi) is 12.3. The van der Waals surface area contributed by atoms with Crippen LogP contribution < -0.4 is 0 Å². The summed E-state index contributed by atoms with van der Waals surface area (Å²) in [5.74, 6) is 2.98. The molecular weight excluding hydrogens is 420 g/mol. The van der Waals surface area contributed by atoms with Crippen LogP contribution in [0.4, 0.5) is 0 Å². The van der Waals surface area contributed by atoms with Crippen LogP contribution in [-0.2, 0) is 4.43 Å². The van der Waals surface area contributed by atoms with Gasteiger partial charge in [-0.3, -0.25) is 9.98 Å². The van der Waals surface area contributed by atoms with Gasteiger partial charge in [-0.15, -0.1) is 0 Å². The second-order valence-electron chi connectivity index (χ2n) is 11.9. The zero-order chi connectivity index (χ0) is 24.4. The molecule has 2 aliphatic carbocycles. The molecule has 192 valence electrons. The third-order valence-electron chi connectivity index (χ3n) is 8.49. The van der Waals surface area contributed by atoms with Gasteiger partial charge >= 0.3 is 0 Å². The van der Waals surface area contributed by atoms with Crippen LogP contribution in [0.1, 0.15) is 112 Å². The molecule has 0 aromatic carbocycles. The van der Waals surface area contributed by atoms with E-state index in [1.807, 2.05) is 0 Å². The van der Waals surface area contributed by atoms with E-state index in [9.17, 15) is 0 Å². The van der Waals surface area contributed by atoms with E-state index < -0.39 is 8.32 Å². The third kappa shape index (κ3) is 8.91. The highest BCUT2D eigenvalue weighted by Crippen LogP contribution is 2.37. The molecule has 4 atom stereocenters. The molecule has 2 saturated carbocycles. The summed E-state index contributed by atoms with van der Waals surface area (Å²) in [5, 5.41) is 0. The summed E-state index contributed by atoms with van der Waals surface area (Å²) in [6, 6.07) is 0.981. The summed E-state index contributed by atoms with van der Waals surface area (Å²) in [7, 11) is -1.47. The van der Waals surface area contributed by atoms with Crippen molar-refractivity contribution in [2.75, 3.05) is 6.61 Å². The van der Waals surface area contributed by atoms with Gasteiger partial charge in [0.15, 0.2) is 8.32 Å². The lowest BCUT2D eigenvalue weighted by Crippen LogP contribution is -2.35.